The first-order chi connectivity index (χ1) is 13.6. The van der Waals surface area contributed by atoms with Crippen molar-refractivity contribution in [2.75, 3.05) is 7.11 Å². The zero-order valence-electron chi connectivity index (χ0n) is 15.7. The van der Waals surface area contributed by atoms with Crippen LogP contribution in [0.5, 0.6) is 5.75 Å². The van der Waals surface area contributed by atoms with Gasteiger partial charge < -0.3 is 19.9 Å². The van der Waals surface area contributed by atoms with Crippen molar-refractivity contribution in [1.82, 2.24) is 5.32 Å². The van der Waals surface area contributed by atoms with Gasteiger partial charge in [-0.15, -0.1) is 0 Å². The number of nitrogens with zero attached hydrogens (tertiary/aromatic N) is 1. The number of alkyl halides is 2. The minimum absolute atomic E-state index is 0.179. The maximum absolute atomic E-state index is 12.9. The molecule has 0 aromatic heterocycles. The Labute approximate surface area is 163 Å². The number of halogens is 2. The summed E-state index contributed by atoms with van der Waals surface area (Å²) in [5, 5.41) is 23.8. The molecule has 2 N–H and O–H groups in total. The molecule has 9 nitrogen and oxygen atoms in total. The van der Waals surface area contributed by atoms with Crippen LogP contribution in [-0.4, -0.2) is 35.7 Å². The third kappa shape index (κ3) is 4.33. The third-order valence-corrected chi connectivity index (χ3v) is 4.37. The van der Waals surface area contributed by atoms with E-state index in [1.807, 2.05) is 0 Å². The second-order valence-electron chi connectivity index (χ2n) is 6.00. The van der Waals surface area contributed by atoms with Gasteiger partial charge in [0.25, 0.3) is 5.69 Å². The fourth-order valence-corrected chi connectivity index (χ4v) is 3.20. The van der Waals surface area contributed by atoms with Crippen molar-refractivity contribution >= 4 is 17.6 Å². The third-order valence-electron chi connectivity index (χ3n) is 4.37. The van der Waals surface area contributed by atoms with E-state index in [0.29, 0.717) is 0 Å². The number of nitro benzene ring substituents is 1. The Morgan fingerprint density at radius 1 is 1.34 bits per heavy atom. The largest absolute Gasteiger partial charge is 0.478 e. The maximum Gasteiger partial charge on any atom is 0.387 e. The molecule has 1 heterocycles. The molecule has 1 aromatic carbocycles. The van der Waals surface area contributed by atoms with Crippen molar-refractivity contribution in [3.63, 3.8) is 0 Å². The van der Waals surface area contributed by atoms with Gasteiger partial charge in [-0.2, -0.15) is 8.78 Å². The normalized spacial score (nSPS) is 16.6. The smallest absolute Gasteiger partial charge is 0.387 e. The molecule has 1 aliphatic rings. The summed E-state index contributed by atoms with van der Waals surface area (Å²) >= 11 is 0. The van der Waals surface area contributed by atoms with E-state index in [1.165, 1.54) is 6.92 Å². The zero-order valence-corrected chi connectivity index (χ0v) is 15.7. The van der Waals surface area contributed by atoms with Gasteiger partial charge >= 0.3 is 18.6 Å². The van der Waals surface area contributed by atoms with Crippen molar-refractivity contribution in [3.05, 3.63) is 56.4 Å². The molecule has 1 aromatic rings. The minimum atomic E-state index is -3.27. The first-order valence-electron chi connectivity index (χ1n) is 8.37. The molecule has 0 spiro atoms. The van der Waals surface area contributed by atoms with Gasteiger partial charge in [-0.1, -0.05) is 6.92 Å². The molecule has 0 amide bonds. The van der Waals surface area contributed by atoms with Crippen LogP contribution in [0.25, 0.3) is 0 Å². The number of hydrogen-bond donors (Lipinski definition) is 2. The highest BCUT2D eigenvalue weighted by molar-refractivity contribution is 5.99. The van der Waals surface area contributed by atoms with E-state index in [4.69, 9.17) is 4.74 Å². The standard InChI is InChI=1S/C18H18F2N2O7/c1-4-11-15(16(23)24)14(13(8(2)21-11)17(25)28-3)10-7-9(22(26)27)5-6-12(10)29-18(19)20/h5-7,14,18,21H,4H2,1-3H3,(H,23,24). The lowest BCUT2D eigenvalue weighted by molar-refractivity contribution is -0.385. The van der Waals surface area contributed by atoms with Gasteiger partial charge in [0.15, 0.2) is 0 Å². The second-order valence-corrected chi connectivity index (χ2v) is 6.00. The van der Waals surface area contributed by atoms with E-state index in [9.17, 15) is 33.6 Å². The Kier molecular flexibility index (Phi) is 6.52. The number of nitrogens with one attached hydrogen (secondary N) is 1. The Bertz CT molecular complexity index is 925. The van der Waals surface area contributed by atoms with E-state index >= 15 is 0 Å². The Morgan fingerprint density at radius 3 is 2.48 bits per heavy atom. The molecule has 0 fully saturated rings. The van der Waals surface area contributed by atoms with Crippen molar-refractivity contribution in [1.29, 1.82) is 0 Å². The SMILES string of the molecule is CCC1=C(C(=O)O)C(c2cc([N+](=O)[O-])ccc2OC(F)F)C(C(=O)OC)=C(C)N1. The average molecular weight is 412 g/mol. The second kappa shape index (κ2) is 8.67. The summed E-state index contributed by atoms with van der Waals surface area (Å²) in [7, 11) is 1.07. The van der Waals surface area contributed by atoms with Gasteiger partial charge in [-0.05, 0) is 19.4 Å². The summed E-state index contributed by atoms with van der Waals surface area (Å²) in [4.78, 5) is 34.9. The molecule has 29 heavy (non-hydrogen) atoms. The number of nitro groups is 1. The van der Waals surface area contributed by atoms with Crippen LogP contribution in [-0.2, 0) is 14.3 Å². The van der Waals surface area contributed by atoms with E-state index in [-0.39, 0.29) is 34.5 Å². The number of allylic oxidation sites excluding steroid dienone is 2. The predicted molar refractivity (Wildman–Crippen MR) is 95.3 cm³/mol. The first kappa shape index (κ1) is 21.8. The van der Waals surface area contributed by atoms with Gasteiger partial charge in [-0.3, -0.25) is 10.1 Å². The number of carboxylic acids is 1. The monoisotopic (exact) mass is 412 g/mol. The van der Waals surface area contributed by atoms with Crippen LogP contribution < -0.4 is 10.1 Å². The molecule has 1 aliphatic heterocycles. The number of ether oxygens (including phenoxy) is 2. The van der Waals surface area contributed by atoms with Gasteiger partial charge in [0.1, 0.15) is 5.75 Å². The summed E-state index contributed by atoms with van der Waals surface area (Å²) in [6.07, 6.45) is 0.212. The van der Waals surface area contributed by atoms with Crippen LogP contribution in [0.4, 0.5) is 14.5 Å². The molecule has 2 rings (SSSR count). The molecule has 0 saturated heterocycles. The summed E-state index contributed by atoms with van der Waals surface area (Å²) in [5.41, 5.74) is -0.783. The molecule has 0 saturated carbocycles. The van der Waals surface area contributed by atoms with Crippen LogP contribution in [0, 0.1) is 10.1 Å². The van der Waals surface area contributed by atoms with Gasteiger partial charge in [0.2, 0.25) is 0 Å². The highest BCUT2D eigenvalue weighted by atomic mass is 19.3. The summed E-state index contributed by atoms with van der Waals surface area (Å²) < 4.78 is 35.0. The highest BCUT2D eigenvalue weighted by Crippen LogP contribution is 2.44. The Hall–Kier alpha value is -3.50. The number of esters is 1. The van der Waals surface area contributed by atoms with E-state index in [2.05, 4.69) is 10.1 Å². The molecule has 156 valence electrons. The fourth-order valence-electron chi connectivity index (χ4n) is 3.20. The fraction of sp³-hybridized carbons (Fsp3) is 0.333. The number of hydrogen-bond acceptors (Lipinski definition) is 7. The van der Waals surface area contributed by atoms with Crippen LogP contribution >= 0.6 is 0 Å². The topological polar surface area (TPSA) is 128 Å². The summed E-state index contributed by atoms with van der Waals surface area (Å²) in [6.45, 7) is -0.132. The number of carbonyl (C=O) groups excluding carboxylic acids is 1. The lowest BCUT2D eigenvalue weighted by Crippen LogP contribution is -2.32. The number of non-ortho nitro benzene ring substituents is 1. The number of carbonyl (C=O) groups is 2. The Morgan fingerprint density at radius 2 is 2.00 bits per heavy atom. The van der Waals surface area contributed by atoms with Crippen molar-refractivity contribution in [2.24, 2.45) is 0 Å². The molecule has 0 bridgehead atoms. The number of aliphatic carboxylic acids is 1. The number of rotatable bonds is 7. The van der Waals surface area contributed by atoms with E-state index in [1.54, 1.807) is 6.92 Å². The van der Waals surface area contributed by atoms with Crippen LogP contribution in [0.1, 0.15) is 31.7 Å². The number of benzene rings is 1. The molecular weight excluding hydrogens is 394 g/mol. The van der Waals surface area contributed by atoms with Crippen molar-refractivity contribution in [3.8, 4) is 5.75 Å². The quantitative estimate of drug-likeness (QED) is 0.397. The molecular formula is C18H18F2N2O7. The van der Waals surface area contributed by atoms with Gasteiger partial charge in [0, 0.05) is 29.1 Å². The number of dihydropyridines is 1. The summed E-state index contributed by atoms with van der Waals surface area (Å²) in [5.74, 6) is -4.25. The highest BCUT2D eigenvalue weighted by Gasteiger charge is 2.40. The lowest BCUT2D eigenvalue weighted by Gasteiger charge is -2.31. The average Bonchev–Trinajstić information content (AvgIpc) is 2.65. The van der Waals surface area contributed by atoms with Crippen LogP contribution in [0.2, 0.25) is 0 Å². The number of methoxy groups -OCH3 is 1. The maximum atomic E-state index is 12.9. The van der Waals surface area contributed by atoms with Crippen LogP contribution in [0.15, 0.2) is 40.7 Å². The summed E-state index contributed by atoms with van der Waals surface area (Å²) in [6, 6.07) is 2.80. The Balaban J connectivity index is 2.88. The number of carboxylic acid groups (broad SMARTS) is 1. The zero-order chi connectivity index (χ0) is 21.9. The van der Waals surface area contributed by atoms with Gasteiger partial charge in [0.05, 0.1) is 29.1 Å². The predicted octanol–water partition coefficient (Wildman–Crippen LogP) is 3.08. The molecule has 0 aliphatic carbocycles. The molecule has 11 heteroatoms. The van der Waals surface area contributed by atoms with Crippen molar-refractivity contribution in [2.45, 2.75) is 32.8 Å². The van der Waals surface area contributed by atoms with E-state index < -0.39 is 40.8 Å². The molecule has 1 atom stereocenters. The van der Waals surface area contributed by atoms with Crippen molar-refractivity contribution < 1.29 is 37.9 Å². The van der Waals surface area contributed by atoms with Crippen LogP contribution in [0.3, 0.4) is 0 Å². The van der Waals surface area contributed by atoms with Gasteiger partial charge in [-0.25, -0.2) is 9.59 Å². The minimum Gasteiger partial charge on any atom is -0.478 e. The lowest BCUT2D eigenvalue weighted by atomic mass is 9.79. The van der Waals surface area contributed by atoms with E-state index in [0.717, 1.165) is 25.3 Å². The first-order valence-corrected chi connectivity index (χ1v) is 8.37. The molecule has 0 radical (unpaired) electrons. The molecule has 1 unspecified atom stereocenters.